The zero-order chi connectivity index (χ0) is 16.5. The minimum atomic E-state index is -0.0635. The van der Waals surface area contributed by atoms with Crippen LogP contribution in [0, 0.1) is 11.3 Å². The lowest BCUT2D eigenvalue weighted by molar-refractivity contribution is -0.117. The number of ether oxygens (including phenoxy) is 1. The van der Waals surface area contributed by atoms with E-state index in [0.29, 0.717) is 13.0 Å². The van der Waals surface area contributed by atoms with Crippen molar-refractivity contribution in [2.45, 2.75) is 13.0 Å². The van der Waals surface area contributed by atoms with Gasteiger partial charge in [-0.15, -0.1) is 0 Å². The van der Waals surface area contributed by atoms with Gasteiger partial charge in [-0.1, -0.05) is 12.1 Å². The lowest BCUT2D eigenvalue weighted by Crippen LogP contribution is -2.35. The van der Waals surface area contributed by atoms with Gasteiger partial charge >= 0.3 is 0 Å². The van der Waals surface area contributed by atoms with Crippen molar-refractivity contribution in [3.05, 3.63) is 29.8 Å². The smallest absolute Gasteiger partial charge is 0.238 e. The topological polar surface area (TPSA) is 68.6 Å². The van der Waals surface area contributed by atoms with Gasteiger partial charge in [0, 0.05) is 38.3 Å². The third-order valence-corrected chi connectivity index (χ3v) is 3.77. The molecule has 1 aliphatic rings. The number of nitrogens with zero attached hydrogens (tertiary/aromatic N) is 3. The molecule has 1 N–H and O–H groups in total. The Morgan fingerprint density at radius 1 is 1.35 bits per heavy atom. The van der Waals surface area contributed by atoms with Crippen LogP contribution in [0.5, 0.6) is 0 Å². The Morgan fingerprint density at radius 2 is 2.04 bits per heavy atom. The molecule has 6 nitrogen and oxygen atoms in total. The van der Waals surface area contributed by atoms with Gasteiger partial charge in [0.25, 0.3) is 0 Å². The Kier molecular flexibility index (Phi) is 7.01. The number of nitrogens with one attached hydrogen (secondary N) is 1. The second kappa shape index (κ2) is 9.26. The van der Waals surface area contributed by atoms with Crippen LogP contribution < -0.4 is 5.32 Å². The summed E-state index contributed by atoms with van der Waals surface area (Å²) in [6.45, 7) is 5.33. The second-order valence-corrected chi connectivity index (χ2v) is 5.78. The van der Waals surface area contributed by atoms with Gasteiger partial charge in [-0.2, -0.15) is 5.26 Å². The number of morpholine rings is 1. The molecule has 1 aliphatic heterocycles. The number of hydrogen-bond acceptors (Lipinski definition) is 5. The molecule has 0 spiro atoms. The number of hydrogen-bond donors (Lipinski definition) is 1. The van der Waals surface area contributed by atoms with Crippen LogP contribution >= 0.6 is 0 Å². The lowest BCUT2D eigenvalue weighted by atomic mass is 10.2. The van der Waals surface area contributed by atoms with Gasteiger partial charge in [-0.05, 0) is 24.7 Å². The summed E-state index contributed by atoms with van der Waals surface area (Å²) in [7, 11) is 1.84. The predicted octanol–water partition coefficient (Wildman–Crippen LogP) is 1.30. The molecule has 124 valence electrons. The highest BCUT2D eigenvalue weighted by Gasteiger charge is 2.11. The van der Waals surface area contributed by atoms with E-state index in [1.807, 2.05) is 36.2 Å². The summed E-state index contributed by atoms with van der Waals surface area (Å²) < 4.78 is 5.35. The second-order valence-electron chi connectivity index (χ2n) is 5.78. The van der Waals surface area contributed by atoms with E-state index in [2.05, 4.69) is 16.3 Å². The number of benzene rings is 1. The van der Waals surface area contributed by atoms with Crippen molar-refractivity contribution < 1.29 is 9.53 Å². The number of anilines is 1. The summed E-state index contributed by atoms with van der Waals surface area (Å²) in [5, 5.41) is 11.4. The molecule has 2 rings (SSSR count). The third kappa shape index (κ3) is 6.37. The number of carbonyl (C=O) groups excluding carboxylic acids is 1. The maximum atomic E-state index is 11.9. The summed E-state index contributed by atoms with van der Waals surface area (Å²) in [6.07, 6.45) is 0.431. The molecule has 0 bridgehead atoms. The molecule has 1 fully saturated rings. The normalized spacial score (nSPS) is 15.3. The first-order chi connectivity index (χ1) is 11.2. The minimum absolute atomic E-state index is 0.0635. The van der Waals surface area contributed by atoms with Crippen LogP contribution in [0.1, 0.15) is 12.0 Å². The molecule has 0 saturated carbocycles. The van der Waals surface area contributed by atoms with Crippen LogP contribution in [0.15, 0.2) is 24.3 Å². The van der Waals surface area contributed by atoms with E-state index in [-0.39, 0.29) is 12.5 Å². The maximum Gasteiger partial charge on any atom is 0.238 e. The first-order valence-corrected chi connectivity index (χ1v) is 7.92. The molecule has 0 atom stereocenters. The molecule has 0 aliphatic carbocycles. The Balaban J connectivity index is 1.77. The van der Waals surface area contributed by atoms with Gasteiger partial charge in [-0.25, -0.2) is 0 Å². The Bertz CT molecular complexity index is 533. The van der Waals surface area contributed by atoms with Gasteiger partial charge in [0.05, 0.1) is 25.8 Å². The first kappa shape index (κ1) is 17.4. The highest BCUT2D eigenvalue weighted by atomic mass is 16.5. The zero-order valence-electron chi connectivity index (χ0n) is 13.6. The molecule has 23 heavy (non-hydrogen) atoms. The highest BCUT2D eigenvalue weighted by molar-refractivity contribution is 5.92. The fourth-order valence-corrected chi connectivity index (χ4v) is 2.48. The third-order valence-electron chi connectivity index (χ3n) is 3.77. The number of nitriles is 1. The maximum absolute atomic E-state index is 11.9. The Labute approximate surface area is 137 Å². The largest absolute Gasteiger partial charge is 0.379 e. The van der Waals surface area contributed by atoms with E-state index in [1.165, 1.54) is 5.56 Å². The molecule has 0 radical (unpaired) electrons. The zero-order valence-corrected chi connectivity index (χ0v) is 13.6. The van der Waals surface area contributed by atoms with Gasteiger partial charge in [0.2, 0.25) is 5.91 Å². The van der Waals surface area contributed by atoms with Crippen molar-refractivity contribution >= 4 is 11.6 Å². The van der Waals surface area contributed by atoms with E-state index >= 15 is 0 Å². The van der Waals surface area contributed by atoms with Crippen LogP contribution in [0.3, 0.4) is 0 Å². The number of carbonyl (C=O) groups is 1. The van der Waals surface area contributed by atoms with E-state index in [9.17, 15) is 4.79 Å². The van der Waals surface area contributed by atoms with E-state index in [4.69, 9.17) is 10.00 Å². The highest BCUT2D eigenvalue weighted by Crippen LogP contribution is 2.12. The predicted molar refractivity (Wildman–Crippen MR) is 88.9 cm³/mol. The fourth-order valence-electron chi connectivity index (χ4n) is 2.48. The average molecular weight is 316 g/mol. The van der Waals surface area contributed by atoms with Crippen LogP contribution in [0.4, 0.5) is 5.69 Å². The first-order valence-electron chi connectivity index (χ1n) is 7.92. The van der Waals surface area contributed by atoms with E-state index in [0.717, 1.165) is 38.5 Å². The van der Waals surface area contributed by atoms with Gasteiger partial charge in [0.1, 0.15) is 0 Å². The van der Waals surface area contributed by atoms with E-state index in [1.54, 1.807) is 0 Å². The van der Waals surface area contributed by atoms with Gasteiger partial charge in [0.15, 0.2) is 0 Å². The molecular formula is C17H24N4O2. The minimum Gasteiger partial charge on any atom is -0.379 e. The van der Waals surface area contributed by atoms with Crippen molar-refractivity contribution in [1.29, 1.82) is 5.26 Å². The molecule has 1 aromatic rings. The van der Waals surface area contributed by atoms with Crippen molar-refractivity contribution in [3.8, 4) is 6.07 Å². The standard InChI is InChI=1S/C17H24N4O2/c1-20(8-2-7-18)14-17(22)19-16-5-3-15(4-6-16)13-21-9-11-23-12-10-21/h3-6H,2,8-14H2,1H3,(H,19,22). The molecule has 0 aromatic heterocycles. The molecular weight excluding hydrogens is 292 g/mol. The summed E-state index contributed by atoms with van der Waals surface area (Å²) in [6, 6.07) is 10.0. The quantitative estimate of drug-likeness (QED) is 0.821. The molecule has 1 amide bonds. The van der Waals surface area contributed by atoms with Crippen molar-refractivity contribution in [3.63, 3.8) is 0 Å². The SMILES string of the molecule is CN(CCC#N)CC(=O)Nc1ccc(CN2CCOCC2)cc1. The average Bonchev–Trinajstić information content (AvgIpc) is 2.55. The van der Waals surface area contributed by atoms with Gasteiger partial charge < -0.3 is 10.1 Å². The van der Waals surface area contributed by atoms with Crippen molar-refractivity contribution in [2.75, 3.05) is 51.8 Å². The monoisotopic (exact) mass is 316 g/mol. The molecule has 1 saturated heterocycles. The summed E-state index contributed by atoms with van der Waals surface area (Å²) in [4.78, 5) is 16.1. The number of amides is 1. The Morgan fingerprint density at radius 3 is 2.70 bits per heavy atom. The molecule has 6 heteroatoms. The number of likely N-dealkylation sites (N-methyl/N-ethyl adjacent to an activating group) is 1. The number of rotatable bonds is 7. The van der Waals surface area contributed by atoms with Gasteiger partial charge in [-0.3, -0.25) is 14.6 Å². The molecule has 1 aromatic carbocycles. The van der Waals surface area contributed by atoms with Crippen LogP contribution in [-0.4, -0.2) is 62.1 Å². The molecule has 0 unspecified atom stereocenters. The van der Waals surface area contributed by atoms with Crippen LogP contribution in [-0.2, 0) is 16.1 Å². The van der Waals surface area contributed by atoms with Crippen molar-refractivity contribution in [2.24, 2.45) is 0 Å². The van der Waals surface area contributed by atoms with Crippen molar-refractivity contribution in [1.82, 2.24) is 9.80 Å². The summed E-state index contributed by atoms with van der Waals surface area (Å²) in [5.41, 5.74) is 2.03. The lowest BCUT2D eigenvalue weighted by Gasteiger charge is -2.26. The molecule has 1 heterocycles. The summed E-state index contributed by atoms with van der Waals surface area (Å²) >= 11 is 0. The summed E-state index contributed by atoms with van der Waals surface area (Å²) in [5.74, 6) is -0.0635. The van der Waals surface area contributed by atoms with Crippen LogP contribution in [0.25, 0.3) is 0 Å². The fraction of sp³-hybridized carbons (Fsp3) is 0.529. The Hall–Kier alpha value is -1.94. The van der Waals surface area contributed by atoms with E-state index < -0.39 is 0 Å². The van der Waals surface area contributed by atoms with Crippen LogP contribution in [0.2, 0.25) is 0 Å².